The maximum atomic E-state index is 11.5. The molecule has 21 heavy (non-hydrogen) atoms. The fourth-order valence-corrected chi connectivity index (χ4v) is 2.10. The largest absolute Gasteiger partial charge is 0.465 e. The first-order chi connectivity index (χ1) is 9.65. The Hall–Kier alpha value is -1.28. The summed E-state index contributed by atoms with van der Waals surface area (Å²) in [5, 5.41) is 4.86. The number of rotatable bonds is 7. The van der Waals surface area contributed by atoms with Gasteiger partial charge in [0.05, 0.1) is 12.4 Å². The molecule has 1 unspecified atom stereocenters. The number of imide groups is 1. The summed E-state index contributed by atoms with van der Waals surface area (Å²) >= 11 is 1.31. The standard InChI is InChI=1S/C13H25N3O4S/c1-5-20-11(18)9(14)6-7-21-8-10(17)15-12(19)16-13(2,3)4/h9H,5-8,14H2,1-4H3,(H2,15,16,17,19). The van der Waals surface area contributed by atoms with Gasteiger partial charge in [0.25, 0.3) is 0 Å². The molecule has 0 rings (SSSR count). The summed E-state index contributed by atoms with van der Waals surface area (Å²) < 4.78 is 4.78. The van der Waals surface area contributed by atoms with Gasteiger partial charge in [-0.2, -0.15) is 11.8 Å². The number of amides is 3. The number of hydrogen-bond donors (Lipinski definition) is 3. The quantitative estimate of drug-likeness (QED) is 0.469. The van der Waals surface area contributed by atoms with Gasteiger partial charge < -0.3 is 15.8 Å². The predicted molar refractivity (Wildman–Crippen MR) is 83.0 cm³/mol. The average molecular weight is 319 g/mol. The van der Waals surface area contributed by atoms with Crippen LogP contribution in [0, 0.1) is 0 Å². The van der Waals surface area contributed by atoms with Crippen LogP contribution in [-0.2, 0) is 14.3 Å². The van der Waals surface area contributed by atoms with Crippen molar-refractivity contribution in [2.45, 2.75) is 45.7 Å². The molecule has 0 aromatic heterocycles. The number of esters is 1. The lowest BCUT2D eigenvalue weighted by Crippen LogP contribution is -2.48. The van der Waals surface area contributed by atoms with E-state index in [2.05, 4.69) is 10.6 Å². The number of nitrogens with one attached hydrogen (secondary N) is 2. The summed E-state index contributed by atoms with van der Waals surface area (Å²) in [4.78, 5) is 34.2. The molecular weight excluding hydrogens is 294 g/mol. The molecule has 0 bridgehead atoms. The Labute approximate surface area is 129 Å². The molecule has 0 radical (unpaired) electrons. The molecule has 8 heteroatoms. The van der Waals surface area contributed by atoms with E-state index in [0.717, 1.165) is 0 Å². The van der Waals surface area contributed by atoms with Crippen LogP contribution in [0.2, 0.25) is 0 Å². The van der Waals surface area contributed by atoms with Gasteiger partial charge in [-0.1, -0.05) is 0 Å². The molecule has 7 nitrogen and oxygen atoms in total. The van der Waals surface area contributed by atoms with Crippen LogP contribution in [-0.4, -0.2) is 47.6 Å². The zero-order chi connectivity index (χ0) is 16.5. The van der Waals surface area contributed by atoms with E-state index in [1.807, 2.05) is 20.8 Å². The molecule has 1 atom stereocenters. The zero-order valence-corrected chi connectivity index (χ0v) is 13.8. The van der Waals surface area contributed by atoms with Crippen molar-refractivity contribution in [3.63, 3.8) is 0 Å². The SMILES string of the molecule is CCOC(=O)C(N)CCSCC(=O)NC(=O)NC(C)(C)C. The third kappa shape index (κ3) is 11.1. The zero-order valence-electron chi connectivity index (χ0n) is 13.0. The first kappa shape index (κ1) is 19.7. The molecule has 0 aliphatic heterocycles. The van der Waals surface area contributed by atoms with Crippen molar-refractivity contribution in [3.8, 4) is 0 Å². The number of urea groups is 1. The maximum Gasteiger partial charge on any atom is 0.322 e. The predicted octanol–water partition coefficient (Wildman–Crippen LogP) is 0.624. The maximum absolute atomic E-state index is 11.5. The molecular formula is C13H25N3O4S. The molecule has 0 saturated heterocycles. The second kappa shape index (κ2) is 9.62. The van der Waals surface area contributed by atoms with E-state index < -0.39 is 23.6 Å². The normalized spacial score (nSPS) is 12.4. The van der Waals surface area contributed by atoms with Crippen molar-refractivity contribution in [2.24, 2.45) is 5.73 Å². The van der Waals surface area contributed by atoms with Crippen LogP contribution in [0.15, 0.2) is 0 Å². The van der Waals surface area contributed by atoms with Gasteiger partial charge in [0.1, 0.15) is 6.04 Å². The minimum atomic E-state index is -0.676. The van der Waals surface area contributed by atoms with Crippen molar-refractivity contribution < 1.29 is 19.1 Å². The first-order valence-corrected chi connectivity index (χ1v) is 7.93. The van der Waals surface area contributed by atoms with E-state index >= 15 is 0 Å². The third-order valence-corrected chi connectivity index (χ3v) is 3.13. The molecule has 0 aromatic rings. The lowest BCUT2D eigenvalue weighted by Gasteiger charge is -2.20. The Morgan fingerprint density at radius 3 is 2.43 bits per heavy atom. The van der Waals surface area contributed by atoms with Gasteiger partial charge in [0, 0.05) is 5.54 Å². The Balaban J connectivity index is 3.80. The van der Waals surface area contributed by atoms with Crippen LogP contribution in [0.5, 0.6) is 0 Å². The summed E-state index contributed by atoms with van der Waals surface area (Å²) in [6, 6.07) is -1.19. The van der Waals surface area contributed by atoms with Gasteiger partial charge in [-0.25, -0.2) is 4.79 Å². The number of nitrogens with two attached hydrogens (primary N) is 1. The average Bonchev–Trinajstić information content (AvgIpc) is 2.32. The van der Waals surface area contributed by atoms with Crippen molar-refractivity contribution >= 4 is 29.7 Å². The van der Waals surface area contributed by atoms with E-state index in [1.54, 1.807) is 6.92 Å². The minimum absolute atomic E-state index is 0.132. The first-order valence-electron chi connectivity index (χ1n) is 6.77. The van der Waals surface area contributed by atoms with E-state index in [1.165, 1.54) is 11.8 Å². The minimum Gasteiger partial charge on any atom is -0.465 e. The molecule has 0 aliphatic carbocycles. The Morgan fingerprint density at radius 1 is 1.29 bits per heavy atom. The van der Waals surface area contributed by atoms with Gasteiger partial charge in [-0.3, -0.25) is 14.9 Å². The highest BCUT2D eigenvalue weighted by Crippen LogP contribution is 2.05. The summed E-state index contributed by atoms with van der Waals surface area (Å²) in [5.41, 5.74) is 5.22. The molecule has 122 valence electrons. The Morgan fingerprint density at radius 2 is 1.90 bits per heavy atom. The monoisotopic (exact) mass is 319 g/mol. The van der Waals surface area contributed by atoms with E-state index in [9.17, 15) is 14.4 Å². The summed E-state index contributed by atoms with van der Waals surface area (Å²) in [7, 11) is 0. The van der Waals surface area contributed by atoms with E-state index in [0.29, 0.717) is 18.8 Å². The van der Waals surface area contributed by atoms with Gasteiger partial charge >= 0.3 is 12.0 Å². The lowest BCUT2D eigenvalue weighted by molar-refractivity contribution is -0.144. The molecule has 0 aromatic carbocycles. The van der Waals surface area contributed by atoms with E-state index in [4.69, 9.17) is 10.5 Å². The number of carbonyl (C=O) groups is 3. The van der Waals surface area contributed by atoms with Crippen LogP contribution in [0.4, 0.5) is 4.79 Å². The molecule has 0 spiro atoms. The molecule has 3 amide bonds. The summed E-state index contributed by atoms with van der Waals surface area (Å²) in [6.45, 7) is 7.48. The fraction of sp³-hybridized carbons (Fsp3) is 0.769. The lowest BCUT2D eigenvalue weighted by atomic mass is 10.1. The summed E-state index contributed by atoms with van der Waals surface area (Å²) in [5.74, 6) is -0.153. The second-order valence-electron chi connectivity index (χ2n) is 5.45. The van der Waals surface area contributed by atoms with Crippen LogP contribution in [0.3, 0.4) is 0 Å². The van der Waals surface area contributed by atoms with Crippen molar-refractivity contribution in [3.05, 3.63) is 0 Å². The van der Waals surface area contributed by atoms with Gasteiger partial charge in [-0.15, -0.1) is 0 Å². The molecule has 0 fully saturated rings. The van der Waals surface area contributed by atoms with Crippen molar-refractivity contribution in [2.75, 3.05) is 18.1 Å². The number of hydrogen-bond acceptors (Lipinski definition) is 6. The number of ether oxygens (including phenoxy) is 1. The van der Waals surface area contributed by atoms with Gasteiger partial charge in [0.15, 0.2) is 0 Å². The smallest absolute Gasteiger partial charge is 0.322 e. The van der Waals surface area contributed by atoms with Crippen LogP contribution in [0.25, 0.3) is 0 Å². The van der Waals surface area contributed by atoms with Gasteiger partial charge in [0.2, 0.25) is 5.91 Å². The Bertz CT molecular complexity index is 369. The molecule has 0 heterocycles. The molecule has 4 N–H and O–H groups in total. The van der Waals surface area contributed by atoms with Crippen LogP contribution in [0.1, 0.15) is 34.1 Å². The molecule has 0 saturated carbocycles. The second-order valence-corrected chi connectivity index (χ2v) is 6.56. The Kier molecular flexibility index (Phi) is 9.03. The highest BCUT2D eigenvalue weighted by Gasteiger charge is 2.16. The van der Waals surface area contributed by atoms with Crippen molar-refractivity contribution in [1.29, 1.82) is 0 Å². The highest BCUT2D eigenvalue weighted by molar-refractivity contribution is 7.99. The number of carbonyl (C=O) groups excluding carboxylic acids is 3. The van der Waals surface area contributed by atoms with Crippen LogP contribution >= 0.6 is 11.8 Å². The van der Waals surface area contributed by atoms with Crippen molar-refractivity contribution in [1.82, 2.24) is 10.6 Å². The van der Waals surface area contributed by atoms with Gasteiger partial charge in [-0.05, 0) is 39.9 Å². The molecule has 0 aliphatic rings. The highest BCUT2D eigenvalue weighted by atomic mass is 32.2. The topological polar surface area (TPSA) is 111 Å². The number of thioether (sulfide) groups is 1. The third-order valence-electron chi connectivity index (χ3n) is 2.14. The fourth-order valence-electron chi connectivity index (χ4n) is 1.28. The van der Waals surface area contributed by atoms with Crippen LogP contribution < -0.4 is 16.4 Å². The summed E-state index contributed by atoms with van der Waals surface area (Å²) in [6.07, 6.45) is 0.422. The van der Waals surface area contributed by atoms with E-state index in [-0.39, 0.29) is 11.7 Å².